The normalized spacial score (nSPS) is 10.8. The number of rotatable bonds is 6. The molecular formula is C17H25IN4O2S. The van der Waals surface area contributed by atoms with E-state index in [0.29, 0.717) is 30.6 Å². The number of thiazole rings is 1. The molecule has 0 spiro atoms. The van der Waals surface area contributed by atoms with E-state index in [4.69, 9.17) is 9.47 Å². The maximum absolute atomic E-state index is 5.60. The summed E-state index contributed by atoms with van der Waals surface area (Å²) >= 11 is 1.69. The molecule has 2 rings (SSSR count). The maximum atomic E-state index is 5.60. The lowest BCUT2D eigenvalue weighted by Crippen LogP contribution is -2.30. The third-order valence-electron chi connectivity index (χ3n) is 3.43. The number of aromatic nitrogens is 1. The number of benzene rings is 1. The number of nitrogens with zero attached hydrogens (tertiary/aromatic N) is 2. The minimum atomic E-state index is 0. The molecule has 2 aromatic rings. The number of aliphatic imine (C=N–C) groups is 1. The zero-order valence-electron chi connectivity index (χ0n) is 15.2. The van der Waals surface area contributed by atoms with E-state index in [1.165, 1.54) is 4.88 Å². The third-order valence-corrected chi connectivity index (χ3v) is 4.50. The Labute approximate surface area is 170 Å². The van der Waals surface area contributed by atoms with Crippen molar-refractivity contribution in [2.45, 2.75) is 27.3 Å². The van der Waals surface area contributed by atoms with Gasteiger partial charge in [0.15, 0.2) is 17.5 Å². The molecule has 0 fully saturated rings. The summed E-state index contributed by atoms with van der Waals surface area (Å²) in [7, 11) is 3.37. The Bertz CT molecular complexity index is 699. The Kier molecular flexibility index (Phi) is 8.98. The van der Waals surface area contributed by atoms with Crippen LogP contribution in [0.2, 0.25) is 0 Å². The van der Waals surface area contributed by atoms with Crippen LogP contribution in [0.3, 0.4) is 0 Å². The average Bonchev–Trinajstić information content (AvgIpc) is 2.90. The van der Waals surface area contributed by atoms with Crippen LogP contribution in [0.15, 0.2) is 23.2 Å². The second kappa shape index (κ2) is 10.4. The zero-order valence-corrected chi connectivity index (χ0v) is 18.3. The molecule has 0 aliphatic carbocycles. The van der Waals surface area contributed by atoms with E-state index in [-0.39, 0.29) is 24.0 Å². The fraction of sp³-hybridized carbons (Fsp3) is 0.412. The van der Waals surface area contributed by atoms with Gasteiger partial charge in [0.25, 0.3) is 0 Å². The number of guanidine groups is 1. The number of hydrogen-bond acceptors (Lipinski definition) is 5. The van der Waals surface area contributed by atoms with Gasteiger partial charge in [-0.15, -0.1) is 35.3 Å². The van der Waals surface area contributed by atoms with Crippen molar-refractivity contribution in [3.8, 4) is 11.5 Å². The van der Waals surface area contributed by atoms with Crippen molar-refractivity contribution < 1.29 is 9.47 Å². The summed E-state index contributed by atoms with van der Waals surface area (Å²) in [6.45, 7) is 7.26. The van der Waals surface area contributed by atoms with Crippen LogP contribution in [0.25, 0.3) is 0 Å². The molecule has 6 nitrogen and oxygen atoms in total. The van der Waals surface area contributed by atoms with Gasteiger partial charge in [-0.25, -0.2) is 4.98 Å². The van der Waals surface area contributed by atoms with Crippen molar-refractivity contribution in [3.05, 3.63) is 33.8 Å². The van der Waals surface area contributed by atoms with E-state index in [2.05, 4.69) is 27.5 Å². The molecule has 1 aromatic carbocycles. The van der Waals surface area contributed by atoms with Crippen LogP contribution in [0.5, 0.6) is 11.5 Å². The molecule has 1 aromatic heterocycles. The lowest BCUT2D eigenvalue weighted by atomic mass is 10.2. The van der Waals surface area contributed by atoms with E-state index in [1.807, 2.05) is 32.0 Å². The topological polar surface area (TPSA) is 67.8 Å². The van der Waals surface area contributed by atoms with Crippen LogP contribution >= 0.6 is 35.3 Å². The van der Waals surface area contributed by atoms with Gasteiger partial charge in [0, 0.05) is 23.7 Å². The number of hydrogen-bond donors (Lipinski definition) is 2. The van der Waals surface area contributed by atoms with Crippen LogP contribution in [-0.4, -0.2) is 31.7 Å². The largest absolute Gasteiger partial charge is 0.493 e. The van der Waals surface area contributed by atoms with Crippen molar-refractivity contribution in [2.24, 2.45) is 4.99 Å². The quantitative estimate of drug-likeness (QED) is 0.375. The van der Waals surface area contributed by atoms with Crippen LogP contribution in [0, 0.1) is 13.8 Å². The minimum Gasteiger partial charge on any atom is -0.493 e. The fourth-order valence-electron chi connectivity index (χ4n) is 2.11. The first-order chi connectivity index (χ1) is 11.6. The molecule has 0 atom stereocenters. The molecule has 1 heterocycles. The highest BCUT2D eigenvalue weighted by Crippen LogP contribution is 2.30. The first-order valence-corrected chi connectivity index (χ1v) is 8.60. The SMILES string of the molecule is CCOc1cc(NC(=NC)NCc2nc(C)c(C)s2)ccc1OC.I. The van der Waals surface area contributed by atoms with Gasteiger partial charge in [0.2, 0.25) is 0 Å². The molecule has 0 radical (unpaired) electrons. The van der Waals surface area contributed by atoms with Gasteiger partial charge in [-0.1, -0.05) is 0 Å². The van der Waals surface area contributed by atoms with Crippen molar-refractivity contribution >= 4 is 47.0 Å². The first-order valence-electron chi connectivity index (χ1n) is 7.78. The highest BCUT2D eigenvalue weighted by atomic mass is 127. The van der Waals surface area contributed by atoms with Gasteiger partial charge in [-0.05, 0) is 32.9 Å². The molecule has 138 valence electrons. The minimum absolute atomic E-state index is 0. The van der Waals surface area contributed by atoms with Crippen molar-refractivity contribution in [1.29, 1.82) is 0 Å². The number of nitrogens with one attached hydrogen (secondary N) is 2. The molecule has 2 N–H and O–H groups in total. The zero-order chi connectivity index (χ0) is 17.5. The molecule has 0 saturated carbocycles. The second-order valence-corrected chi connectivity index (χ2v) is 6.39. The number of aryl methyl sites for hydroxylation is 2. The van der Waals surface area contributed by atoms with E-state index >= 15 is 0 Å². The second-order valence-electron chi connectivity index (χ2n) is 5.10. The van der Waals surface area contributed by atoms with Crippen molar-refractivity contribution in [2.75, 3.05) is 26.1 Å². The summed E-state index contributed by atoms with van der Waals surface area (Å²) in [5.41, 5.74) is 1.95. The van der Waals surface area contributed by atoms with Gasteiger partial charge in [0.05, 0.1) is 26.0 Å². The summed E-state index contributed by atoms with van der Waals surface area (Å²) in [6.07, 6.45) is 0. The predicted octanol–water partition coefficient (Wildman–Crippen LogP) is 3.97. The van der Waals surface area contributed by atoms with Crippen LogP contribution in [-0.2, 0) is 6.54 Å². The smallest absolute Gasteiger partial charge is 0.195 e. The van der Waals surface area contributed by atoms with Crippen LogP contribution in [0.4, 0.5) is 5.69 Å². The summed E-state index contributed by atoms with van der Waals surface area (Å²) in [6, 6.07) is 5.69. The number of ether oxygens (including phenoxy) is 2. The van der Waals surface area contributed by atoms with Gasteiger partial charge in [0.1, 0.15) is 5.01 Å². The average molecular weight is 476 g/mol. The molecule has 8 heteroatoms. The lowest BCUT2D eigenvalue weighted by molar-refractivity contribution is 0.311. The Balaban J connectivity index is 0.00000312. The first kappa shape index (κ1) is 21.5. The Morgan fingerprint density at radius 1 is 1.28 bits per heavy atom. The van der Waals surface area contributed by atoms with E-state index in [0.717, 1.165) is 16.4 Å². The van der Waals surface area contributed by atoms with Crippen molar-refractivity contribution in [3.63, 3.8) is 0 Å². The predicted molar refractivity (Wildman–Crippen MR) is 115 cm³/mol. The molecule has 0 unspecified atom stereocenters. The maximum Gasteiger partial charge on any atom is 0.195 e. The monoisotopic (exact) mass is 476 g/mol. The van der Waals surface area contributed by atoms with Crippen molar-refractivity contribution in [1.82, 2.24) is 10.3 Å². The molecule has 0 saturated heterocycles. The van der Waals surface area contributed by atoms with Gasteiger partial charge in [-0.2, -0.15) is 0 Å². The van der Waals surface area contributed by atoms with Gasteiger partial charge >= 0.3 is 0 Å². The summed E-state index contributed by atoms with van der Waals surface area (Å²) < 4.78 is 10.9. The van der Waals surface area contributed by atoms with E-state index < -0.39 is 0 Å². The summed E-state index contributed by atoms with van der Waals surface area (Å²) in [5, 5.41) is 7.56. The lowest BCUT2D eigenvalue weighted by Gasteiger charge is -2.14. The molecule has 0 bridgehead atoms. The highest BCUT2D eigenvalue weighted by Gasteiger charge is 2.08. The third kappa shape index (κ3) is 6.03. The fourth-order valence-corrected chi connectivity index (χ4v) is 2.99. The molecule has 0 aliphatic heterocycles. The molecular weight excluding hydrogens is 451 g/mol. The molecule has 0 aliphatic rings. The Hall–Kier alpha value is -1.55. The van der Waals surface area contributed by atoms with Gasteiger partial charge in [-0.3, -0.25) is 4.99 Å². The number of methoxy groups -OCH3 is 1. The number of anilines is 1. The summed E-state index contributed by atoms with van der Waals surface area (Å²) in [5.74, 6) is 2.08. The summed E-state index contributed by atoms with van der Waals surface area (Å²) in [4.78, 5) is 10.0. The molecule has 25 heavy (non-hydrogen) atoms. The van der Waals surface area contributed by atoms with Gasteiger partial charge < -0.3 is 20.1 Å². The highest BCUT2D eigenvalue weighted by molar-refractivity contribution is 14.0. The van der Waals surface area contributed by atoms with E-state index in [1.54, 1.807) is 25.5 Å². The number of halogens is 1. The molecule has 0 amide bonds. The standard InChI is InChI=1S/C17H24N4O2S.HI/c1-6-23-15-9-13(7-8-14(15)22-5)21-17(18-4)19-10-16-20-11(2)12(3)24-16;/h7-9H,6,10H2,1-5H3,(H2,18,19,21);1H. The Morgan fingerprint density at radius 2 is 2.04 bits per heavy atom. The Morgan fingerprint density at radius 3 is 2.60 bits per heavy atom. The van der Waals surface area contributed by atoms with Crippen LogP contribution in [0.1, 0.15) is 22.5 Å². The van der Waals surface area contributed by atoms with Crippen LogP contribution < -0.4 is 20.1 Å². The van der Waals surface area contributed by atoms with E-state index in [9.17, 15) is 0 Å².